The van der Waals surface area contributed by atoms with Gasteiger partial charge in [-0.2, -0.15) is 8.75 Å². The number of carbonyl (C=O) groups is 2. The standard InChI is InChI=1S/C6H6N2O6S/c9-3(4(10)6(13)14)1-2(5(11)12)8-15-7-1/h3-4,9-10H,(H,11,12)(H,13,14)/p-2/t3-,4-/m0/s1. The van der Waals surface area contributed by atoms with Crippen LogP contribution in [0.15, 0.2) is 0 Å². The van der Waals surface area contributed by atoms with E-state index >= 15 is 0 Å². The molecule has 0 aliphatic carbocycles. The van der Waals surface area contributed by atoms with E-state index in [-0.39, 0.29) is 0 Å². The van der Waals surface area contributed by atoms with Crippen LogP contribution >= 0.6 is 11.7 Å². The molecule has 0 aliphatic heterocycles. The summed E-state index contributed by atoms with van der Waals surface area (Å²) >= 11 is 0.447. The highest BCUT2D eigenvalue weighted by molar-refractivity contribution is 6.99. The molecule has 2 N–H and O–H groups in total. The van der Waals surface area contributed by atoms with Crippen molar-refractivity contribution in [3.63, 3.8) is 0 Å². The number of carboxylic acids is 2. The van der Waals surface area contributed by atoms with Crippen LogP contribution in [0.25, 0.3) is 0 Å². The van der Waals surface area contributed by atoms with Gasteiger partial charge in [0, 0.05) is 0 Å². The van der Waals surface area contributed by atoms with E-state index in [0.29, 0.717) is 11.7 Å². The first-order chi connectivity index (χ1) is 6.95. The van der Waals surface area contributed by atoms with Crippen molar-refractivity contribution in [3.05, 3.63) is 11.4 Å². The topological polar surface area (TPSA) is 146 Å². The Labute approximate surface area is 86.8 Å². The Bertz CT molecular complexity index is 391. The van der Waals surface area contributed by atoms with Gasteiger partial charge in [-0.3, -0.25) is 0 Å². The molecule has 1 heterocycles. The molecule has 1 aromatic rings. The number of aromatic nitrogens is 2. The van der Waals surface area contributed by atoms with Gasteiger partial charge in [0.25, 0.3) is 0 Å². The van der Waals surface area contributed by atoms with E-state index in [1.807, 2.05) is 0 Å². The number of carboxylic acid groups (broad SMARTS) is 2. The van der Waals surface area contributed by atoms with Gasteiger partial charge in [0.15, 0.2) is 0 Å². The lowest BCUT2D eigenvalue weighted by Gasteiger charge is -2.17. The first kappa shape index (κ1) is 11.5. The van der Waals surface area contributed by atoms with E-state index in [9.17, 15) is 24.9 Å². The van der Waals surface area contributed by atoms with Crippen LogP contribution in [0.2, 0.25) is 0 Å². The van der Waals surface area contributed by atoms with Crippen molar-refractivity contribution in [2.24, 2.45) is 0 Å². The minimum absolute atomic E-state index is 0.447. The summed E-state index contributed by atoms with van der Waals surface area (Å²) in [6.45, 7) is 0. The molecular formula is C6H4N2O6S-2. The molecule has 0 bridgehead atoms. The number of carbonyl (C=O) groups excluding carboxylic acids is 2. The van der Waals surface area contributed by atoms with Crippen LogP contribution in [0.4, 0.5) is 0 Å². The summed E-state index contributed by atoms with van der Waals surface area (Å²) in [5.74, 6) is -3.66. The van der Waals surface area contributed by atoms with Crippen LogP contribution in [0, 0.1) is 0 Å². The second-order valence-corrected chi connectivity index (χ2v) is 3.02. The second-order valence-electron chi connectivity index (χ2n) is 2.49. The van der Waals surface area contributed by atoms with Crippen LogP contribution in [0.3, 0.4) is 0 Å². The maximum atomic E-state index is 10.4. The van der Waals surface area contributed by atoms with Crippen molar-refractivity contribution < 1.29 is 30.0 Å². The van der Waals surface area contributed by atoms with Crippen molar-refractivity contribution in [2.45, 2.75) is 12.2 Å². The zero-order valence-electron chi connectivity index (χ0n) is 6.98. The first-order valence-corrected chi connectivity index (χ1v) is 4.29. The average molecular weight is 232 g/mol. The van der Waals surface area contributed by atoms with Crippen molar-refractivity contribution in [1.29, 1.82) is 0 Å². The highest BCUT2D eigenvalue weighted by Gasteiger charge is 2.25. The van der Waals surface area contributed by atoms with Crippen molar-refractivity contribution >= 4 is 23.7 Å². The van der Waals surface area contributed by atoms with E-state index in [1.54, 1.807) is 0 Å². The van der Waals surface area contributed by atoms with Crippen LogP contribution in [0.1, 0.15) is 22.3 Å². The normalized spacial score (nSPS) is 14.5. The molecule has 0 aromatic carbocycles. The highest BCUT2D eigenvalue weighted by atomic mass is 32.1. The minimum Gasteiger partial charge on any atom is -0.547 e. The van der Waals surface area contributed by atoms with E-state index in [2.05, 4.69) is 8.75 Å². The summed E-state index contributed by atoms with van der Waals surface area (Å²) in [6.07, 6.45) is -4.28. The van der Waals surface area contributed by atoms with Gasteiger partial charge >= 0.3 is 0 Å². The molecule has 0 amide bonds. The second kappa shape index (κ2) is 4.29. The van der Waals surface area contributed by atoms with Crippen molar-refractivity contribution in [1.82, 2.24) is 8.75 Å². The molecule has 15 heavy (non-hydrogen) atoms. The molecule has 0 unspecified atom stereocenters. The number of nitrogens with zero attached hydrogens (tertiary/aromatic N) is 2. The largest absolute Gasteiger partial charge is 0.547 e. The Balaban J connectivity index is 3.00. The summed E-state index contributed by atoms with van der Waals surface area (Å²) < 4.78 is 6.61. The van der Waals surface area contributed by atoms with Crippen LogP contribution in [-0.4, -0.2) is 37.0 Å². The van der Waals surface area contributed by atoms with Gasteiger partial charge in [-0.15, -0.1) is 0 Å². The lowest BCUT2D eigenvalue weighted by atomic mass is 10.1. The van der Waals surface area contributed by atoms with Crippen LogP contribution in [-0.2, 0) is 4.79 Å². The van der Waals surface area contributed by atoms with E-state index in [0.717, 1.165) is 0 Å². The van der Waals surface area contributed by atoms with Gasteiger partial charge in [-0.25, -0.2) is 0 Å². The highest BCUT2D eigenvalue weighted by Crippen LogP contribution is 2.18. The summed E-state index contributed by atoms with van der Waals surface area (Å²) in [6, 6.07) is 0. The van der Waals surface area contributed by atoms with Gasteiger partial charge in [0.1, 0.15) is 23.6 Å². The predicted octanol–water partition coefficient (Wildman–Crippen LogP) is -3.95. The average Bonchev–Trinajstić information content (AvgIpc) is 2.63. The number of aliphatic carboxylic acids is 1. The molecule has 2 atom stereocenters. The van der Waals surface area contributed by atoms with Gasteiger partial charge in [-0.05, 0) is 0 Å². The van der Waals surface area contributed by atoms with E-state index in [1.165, 1.54) is 0 Å². The number of aromatic carboxylic acids is 1. The van der Waals surface area contributed by atoms with Crippen molar-refractivity contribution in [2.75, 3.05) is 0 Å². The smallest absolute Gasteiger partial charge is 0.130 e. The lowest BCUT2D eigenvalue weighted by Crippen LogP contribution is -2.40. The molecule has 0 aliphatic rings. The molecule has 0 radical (unpaired) electrons. The third-order valence-corrected chi connectivity index (χ3v) is 2.07. The Morgan fingerprint density at radius 2 is 1.87 bits per heavy atom. The maximum Gasteiger partial charge on any atom is 0.130 e. The molecule has 1 aromatic heterocycles. The van der Waals surface area contributed by atoms with Gasteiger partial charge < -0.3 is 30.0 Å². The molecule has 0 saturated heterocycles. The third kappa shape index (κ3) is 2.26. The Hall–Kier alpha value is -1.58. The maximum absolute atomic E-state index is 10.4. The van der Waals surface area contributed by atoms with E-state index in [4.69, 9.17) is 5.11 Å². The predicted molar refractivity (Wildman–Crippen MR) is 40.2 cm³/mol. The zero-order chi connectivity index (χ0) is 11.6. The van der Waals surface area contributed by atoms with Crippen molar-refractivity contribution in [3.8, 4) is 0 Å². The molecule has 82 valence electrons. The SMILES string of the molecule is O=C([O-])c1nsnc1[C@H](O)[C@H](O)C(=O)[O-]. The Kier molecular flexibility index (Phi) is 3.29. The number of hydrogen-bond donors (Lipinski definition) is 2. The fraction of sp³-hybridized carbons (Fsp3) is 0.333. The summed E-state index contributed by atoms with van der Waals surface area (Å²) in [5.41, 5.74) is -1.26. The summed E-state index contributed by atoms with van der Waals surface area (Å²) in [7, 11) is 0. The summed E-state index contributed by atoms with van der Waals surface area (Å²) in [5, 5.41) is 38.7. The molecular weight excluding hydrogens is 228 g/mol. The number of aliphatic hydroxyl groups excluding tert-OH is 2. The first-order valence-electron chi connectivity index (χ1n) is 3.56. The molecule has 8 nitrogen and oxygen atoms in total. The van der Waals surface area contributed by atoms with Gasteiger partial charge in [0.05, 0.1) is 23.7 Å². The summed E-state index contributed by atoms with van der Waals surface area (Å²) in [4.78, 5) is 20.6. The van der Waals surface area contributed by atoms with Crippen LogP contribution < -0.4 is 10.2 Å². The minimum atomic E-state index is -2.27. The third-order valence-electron chi connectivity index (χ3n) is 1.53. The zero-order valence-corrected chi connectivity index (χ0v) is 7.80. The van der Waals surface area contributed by atoms with Crippen LogP contribution in [0.5, 0.6) is 0 Å². The fourth-order valence-electron chi connectivity index (χ4n) is 0.810. The number of rotatable bonds is 4. The fourth-order valence-corrected chi connectivity index (χ4v) is 1.38. The lowest BCUT2D eigenvalue weighted by molar-refractivity contribution is -0.318. The monoisotopic (exact) mass is 232 g/mol. The Morgan fingerprint density at radius 1 is 1.27 bits per heavy atom. The quantitative estimate of drug-likeness (QED) is 0.534. The number of hydrogen-bond acceptors (Lipinski definition) is 9. The van der Waals surface area contributed by atoms with E-state index < -0.39 is 35.5 Å². The van der Waals surface area contributed by atoms with Gasteiger partial charge in [0.2, 0.25) is 0 Å². The molecule has 1 rings (SSSR count). The molecule has 0 spiro atoms. The molecule has 0 saturated carbocycles. The number of aliphatic hydroxyl groups is 2. The Morgan fingerprint density at radius 3 is 2.33 bits per heavy atom. The molecule has 9 heteroatoms. The van der Waals surface area contributed by atoms with Gasteiger partial charge in [-0.1, -0.05) is 0 Å². The molecule has 0 fully saturated rings.